The third-order valence-electron chi connectivity index (χ3n) is 4.48. The Morgan fingerprint density at radius 1 is 1.19 bits per heavy atom. The number of benzene rings is 2. The summed E-state index contributed by atoms with van der Waals surface area (Å²) < 4.78 is 7.59. The van der Waals surface area contributed by atoms with Crippen LogP contribution >= 0.6 is 11.6 Å². The number of aromatic hydroxyl groups is 1. The zero-order valence-corrected chi connectivity index (χ0v) is 14.5. The molecule has 0 fully saturated rings. The van der Waals surface area contributed by atoms with Crippen LogP contribution in [-0.4, -0.2) is 21.8 Å². The van der Waals surface area contributed by atoms with Crippen molar-refractivity contribution in [3.63, 3.8) is 0 Å². The highest BCUT2D eigenvalue weighted by atomic mass is 35.5. The van der Waals surface area contributed by atoms with E-state index in [4.69, 9.17) is 22.1 Å². The Labute approximate surface area is 155 Å². The molecule has 0 radical (unpaired) electrons. The van der Waals surface area contributed by atoms with Crippen molar-refractivity contribution in [2.45, 2.75) is 12.5 Å². The van der Waals surface area contributed by atoms with Crippen molar-refractivity contribution in [2.75, 3.05) is 12.3 Å². The van der Waals surface area contributed by atoms with Crippen LogP contribution in [0.5, 0.6) is 17.4 Å². The molecule has 132 valence electrons. The number of nitrogen functional groups attached to an aromatic ring is 1. The molecule has 1 atom stereocenters. The first kappa shape index (κ1) is 16.6. The van der Waals surface area contributed by atoms with E-state index in [-0.39, 0.29) is 18.3 Å². The summed E-state index contributed by atoms with van der Waals surface area (Å²) in [6.07, 6.45) is 1.54. The fourth-order valence-corrected chi connectivity index (χ4v) is 3.39. The highest BCUT2D eigenvalue weighted by molar-refractivity contribution is 6.30. The minimum atomic E-state index is -0.231. The van der Waals surface area contributed by atoms with Gasteiger partial charge >= 0.3 is 5.88 Å². The van der Waals surface area contributed by atoms with E-state index in [1.54, 1.807) is 16.7 Å². The van der Waals surface area contributed by atoms with Gasteiger partial charge in [-0.1, -0.05) is 34.8 Å². The molecule has 4 N–H and O–H groups in total. The number of anilines is 1. The summed E-state index contributed by atoms with van der Waals surface area (Å²) >= 11 is 6.04. The molecule has 26 heavy (non-hydrogen) atoms. The average Bonchev–Trinajstić information content (AvgIpc) is 2.63. The summed E-state index contributed by atoms with van der Waals surface area (Å²) in [4.78, 5) is 4.36. The minimum absolute atomic E-state index is 0.0493. The predicted molar refractivity (Wildman–Crippen MR) is 96.5 cm³/mol. The van der Waals surface area contributed by atoms with E-state index in [1.165, 1.54) is 6.33 Å². The van der Waals surface area contributed by atoms with E-state index in [2.05, 4.69) is 4.98 Å². The van der Waals surface area contributed by atoms with Crippen molar-refractivity contribution in [3.05, 3.63) is 70.5 Å². The van der Waals surface area contributed by atoms with Crippen molar-refractivity contribution in [2.24, 2.45) is 0 Å². The van der Waals surface area contributed by atoms with Gasteiger partial charge in [0.1, 0.15) is 17.1 Å². The molecular formula is C19H17ClN3O3+. The molecule has 0 aliphatic carbocycles. The Bertz CT molecular complexity index is 977. The summed E-state index contributed by atoms with van der Waals surface area (Å²) in [6, 6.07) is 12.5. The Morgan fingerprint density at radius 3 is 2.69 bits per heavy atom. The first-order chi connectivity index (χ1) is 12.6. The first-order valence-electron chi connectivity index (χ1n) is 8.13. The molecule has 0 spiro atoms. The molecule has 2 heterocycles. The van der Waals surface area contributed by atoms with E-state index in [0.29, 0.717) is 29.0 Å². The highest BCUT2D eigenvalue weighted by Gasteiger charge is 2.36. The molecule has 2 aromatic carbocycles. The number of fused-ring (bicyclic) bond motifs is 2. The van der Waals surface area contributed by atoms with Crippen molar-refractivity contribution in [1.29, 1.82) is 0 Å². The van der Waals surface area contributed by atoms with Gasteiger partial charge in [0.2, 0.25) is 12.1 Å². The quantitative estimate of drug-likeness (QED) is 0.482. The Hall–Kier alpha value is -2.83. The number of phenolic OH excluding ortho intramolecular Hbond substituents is 1. The van der Waals surface area contributed by atoms with Crippen LogP contribution in [0.4, 0.5) is 5.82 Å². The molecule has 4 rings (SSSR count). The number of rotatable bonds is 3. The number of phenols is 1. The van der Waals surface area contributed by atoms with E-state index < -0.39 is 0 Å². The third-order valence-corrected chi connectivity index (χ3v) is 4.73. The standard InChI is InChI=1S/C19H16ClN3O3/c20-12-3-1-11(2-4-12)16-14-6-5-13(25)9-15(14)26-19-17(16)18(21)23(7-8-24)10-22-19/h1-6,9-10,16,21,24-25H,7-8H2/p+1/t16-/m1/s1. The van der Waals surface area contributed by atoms with E-state index in [1.807, 2.05) is 30.3 Å². The zero-order chi connectivity index (χ0) is 18.3. The van der Waals surface area contributed by atoms with Gasteiger partial charge in [0.25, 0.3) is 0 Å². The Kier molecular flexibility index (Phi) is 4.14. The second kappa shape index (κ2) is 6.48. The number of aliphatic hydroxyl groups is 1. The van der Waals surface area contributed by atoms with Crippen molar-refractivity contribution >= 4 is 17.4 Å². The number of hydrogen-bond donors (Lipinski definition) is 3. The molecule has 1 aromatic heterocycles. The molecule has 6 nitrogen and oxygen atoms in total. The molecule has 0 saturated heterocycles. The summed E-state index contributed by atoms with van der Waals surface area (Å²) in [7, 11) is 0. The smallest absolute Gasteiger partial charge is 0.306 e. The number of nitrogens with two attached hydrogens (primary N) is 1. The van der Waals surface area contributed by atoms with Crippen LogP contribution < -0.4 is 15.0 Å². The van der Waals surface area contributed by atoms with Gasteiger partial charge in [0.15, 0.2) is 0 Å². The zero-order valence-electron chi connectivity index (χ0n) is 13.8. The fraction of sp³-hybridized carbons (Fsp3) is 0.158. The average molecular weight is 371 g/mol. The molecule has 0 bridgehead atoms. The van der Waals surface area contributed by atoms with Gasteiger partial charge in [0.05, 0.1) is 19.1 Å². The molecule has 0 unspecified atom stereocenters. The number of aliphatic hydroxyl groups excluding tert-OH is 1. The number of ether oxygens (including phenoxy) is 1. The maximum atomic E-state index is 9.82. The molecule has 3 aromatic rings. The first-order valence-corrected chi connectivity index (χ1v) is 8.51. The van der Waals surface area contributed by atoms with Gasteiger partial charge in [-0.3, -0.25) is 0 Å². The van der Waals surface area contributed by atoms with Crippen LogP contribution in [0.1, 0.15) is 22.6 Å². The number of hydrogen-bond acceptors (Lipinski definition) is 5. The SMILES string of the molecule is Nc1c2c(nc[n+]1CCO)Oc1cc(O)ccc1[C@H]2c1ccc(Cl)cc1. The van der Waals surface area contributed by atoms with Gasteiger partial charge in [-0.25, -0.2) is 4.57 Å². The third kappa shape index (κ3) is 2.73. The minimum Gasteiger partial charge on any atom is -0.508 e. The van der Waals surface area contributed by atoms with Crippen LogP contribution in [0.25, 0.3) is 0 Å². The highest BCUT2D eigenvalue weighted by Crippen LogP contribution is 2.48. The second-order valence-corrected chi connectivity index (χ2v) is 6.51. The van der Waals surface area contributed by atoms with Gasteiger partial charge in [-0.05, 0) is 23.8 Å². The van der Waals surface area contributed by atoms with E-state index in [0.717, 1.165) is 16.7 Å². The fourth-order valence-electron chi connectivity index (χ4n) is 3.27. The van der Waals surface area contributed by atoms with Crippen molar-refractivity contribution in [1.82, 2.24) is 4.98 Å². The maximum absolute atomic E-state index is 9.82. The van der Waals surface area contributed by atoms with Crippen LogP contribution in [0.15, 0.2) is 48.8 Å². The lowest BCUT2D eigenvalue weighted by Crippen LogP contribution is -2.41. The van der Waals surface area contributed by atoms with E-state index >= 15 is 0 Å². The molecule has 0 saturated carbocycles. The lowest BCUT2D eigenvalue weighted by molar-refractivity contribution is -0.687. The van der Waals surface area contributed by atoms with Gasteiger partial charge in [-0.2, -0.15) is 0 Å². The lowest BCUT2D eigenvalue weighted by Gasteiger charge is -2.27. The molecular weight excluding hydrogens is 354 g/mol. The monoisotopic (exact) mass is 370 g/mol. The van der Waals surface area contributed by atoms with E-state index in [9.17, 15) is 10.2 Å². The summed E-state index contributed by atoms with van der Waals surface area (Å²) in [5, 5.41) is 19.7. The molecule has 1 aliphatic heterocycles. The molecule has 0 amide bonds. The predicted octanol–water partition coefficient (Wildman–Crippen LogP) is 2.59. The van der Waals surface area contributed by atoms with Crippen LogP contribution in [0, 0.1) is 0 Å². The van der Waals surface area contributed by atoms with Gasteiger partial charge in [-0.15, -0.1) is 0 Å². The Balaban J connectivity index is 1.96. The number of halogens is 1. The Morgan fingerprint density at radius 2 is 1.96 bits per heavy atom. The van der Waals surface area contributed by atoms with Crippen LogP contribution in [0.3, 0.4) is 0 Å². The van der Waals surface area contributed by atoms with Crippen molar-refractivity contribution in [3.8, 4) is 17.4 Å². The topological polar surface area (TPSA) is 92.5 Å². The summed E-state index contributed by atoms with van der Waals surface area (Å²) in [5.74, 6) is 1.27. The van der Waals surface area contributed by atoms with Crippen molar-refractivity contribution < 1.29 is 19.5 Å². The molecule has 7 heteroatoms. The largest absolute Gasteiger partial charge is 0.508 e. The normalized spacial score (nSPS) is 15.1. The number of aromatic nitrogens is 2. The number of nitrogens with zero attached hydrogens (tertiary/aromatic N) is 2. The lowest BCUT2D eigenvalue weighted by atomic mass is 9.83. The van der Waals surface area contributed by atoms with Gasteiger partial charge < -0.3 is 20.7 Å². The summed E-state index contributed by atoms with van der Waals surface area (Å²) in [5.41, 5.74) is 8.96. The van der Waals surface area contributed by atoms with Crippen LogP contribution in [0.2, 0.25) is 5.02 Å². The molecule has 1 aliphatic rings. The second-order valence-electron chi connectivity index (χ2n) is 6.07. The van der Waals surface area contributed by atoms with Crippen LogP contribution in [-0.2, 0) is 6.54 Å². The van der Waals surface area contributed by atoms with Gasteiger partial charge in [0, 0.05) is 16.7 Å². The summed E-state index contributed by atoms with van der Waals surface area (Å²) in [6.45, 7) is 0.286. The maximum Gasteiger partial charge on any atom is 0.306 e.